The molecule has 0 spiro atoms. The van der Waals surface area contributed by atoms with Crippen molar-refractivity contribution >= 4 is 5.91 Å². The van der Waals surface area contributed by atoms with E-state index in [9.17, 15) is 4.79 Å². The van der Waals surface area contributed by atoms with Crippen molar-refractivity contribution in [2.75, 3.05) is 20.3 Å². The number of ether oxygens (including phenoxy) is 2. The van der Waals surface area contributed by atoms with Gasteiger partial charge in [-0.1, -0.05) is 6.07 Å². The Morgan fingerprint density at radius 3 is 3.12 bits per heavy atom. The molecule has 0 bridgehead atoms. The van der Waals surface area contributed by atoms with Gasteiger partial charge in [-0.2, -0.15) is 0 Å². The molecule has 1 fully saturated rings. The van der Waals surface area contributed by atoms with Gasteiger partial charge in [0.15, 0.2) is 0 Å². The number of nitrogens with zero attached hydrogens (tertiary/aromatic N) is 2. The number of benzene rings is 1. The van der Waals surface area contributed by atoms with Crippen molar-refractivity contribution in [1.82, 2.24) is 15.5 Å². The molecule has 128 valence electrons. The average molecular weight is 331 g/mol. The smallest absolute Gasteiger partial charge is 0.247 e. The van der Waals surface area contributed by atoms with Crippen molar-refractivity contribution in [3.05, 3.63) is 30.2 Å². The van der Waals surface area contributed by atoms with E-state index < -0.39 is 0 Å². The van der Waals surface area contributed by atoms with Gasteiger partial charge < -0.3 is 19.2 Å². The fraction of sp³-hybridized carbons (Fsp3) is 0.471. The van der Waals surface area contributed by atoms with E-state index in [0.717, 1.165) is 30.8 Å². The summed E-state index contributed by atoms with van der Waals surface area (Å²) in [6.07, 6.45) is 2.95. The first kappa shape index (κ1) is 16.4. The fourth-order valence-corrected chi connectivity index (χ4v) is 2.57. The highest BCUT2D eigenvalue weighted by Gasteiger charge is 2.16. The van der Waals surface area contributed by atoms with Crippen LogP contribution in [0.15, 0.2) is 28.7 Å². The molecule has 1 N–H and O–H groups in total. The molecule has 1 unspecified atom stereocenters. The number of methoxy groups -OCH3 is 1. The largest absolute Gasteiger partial charge is 0.497 e. The van der Waals surface area contributed by atoms with Crippen molar-refractivity contribution in [2.45, 2.75) is 31.8 Å². The molecule has 0 aliphatic carbocycles. The van der Waals surface area contributed by atoms with Crippen molar-refractivity contribution in [1.29, 1.82) is 0 Å². The summed E-state index contributed by atoms with van der Waals surface area (Å²) in [5, 5.41) is 10.9. The monoisotopic (exact) mass is 331 g/mol. The topological polar surface area (TPSA) is 86.5 Å². The van der Waals surface area contributed by atoms with E-state index in [1.165, 1.54) is 0 Å². The Labute approximate surface area is 140 Å². The first-order valence-corrected chi connectivity index (χ1v) is 8.09. The van der Waals surface area contributed by atoms with Crippen LogP contribution in [0.1, 0.15) is 25.2 Å². The first-order chi connectivity index (χ1) is 11.7. The van der Waals surface area contributed by atoms with E-state index in [1.54, 1.807) is 7.11 Å². The number of aryl methyl sites for hydroxylation is 1. The van der Waals surface area contributed by atoms with Gasteiger partial charge in [0.25, 0.3) is 0 Å². The van der Waals surface area contributed by atoms with Gasteiger partial charge in [0.05, 0.1) is 13.2 Å². The Morgan fingerprint density at radius 1 is 1.42 bits per heavy atom. The van der Waals surface area contributed by atoms with E-state index >= 15 is 0 Å². The summed E-state index contributed by atoms with van der Waals surface area (Å²) in [5.74, 6) is 1.55. The Kier molecular flexibility index (Phi) is 5.43. The lowest BCUT2D eigenvalue weighted by atomic mass is 10.2. The second-order valence-corrected chi connectivity index (χ2v) is 5.67. The number of carbonyl (C=O) groups is 1. The van der Waals surface area contributed by atoms with Gasteiger partial charge in [0, 0.05) is 31.6 Å². The summed E-state index contributed by atoms with van der Waals surface area (Å²) in [5.41, 5.74) is 0.788. The molecule has 0 saturated carbocycles. The predicted octanol–water partition coefficient (Wildman–Crippen LogP) is 1.97. The number of aromatic nitrogens is 2. The second-order valence-electron chi connectivity index (χ2n) is 5.67. The molecular formula is C17H21N3O4. The lowest BCUT2D eigenvalue weighted by molar-refractivity contribution is -0.121. The van der Waals surface area contributed by atoms with Crippen LogP contribution in [-0.2, 0) is 16.0 Å². The van der Waals surface area contributed by atoms with Crippen LogP contribution in [0.2, 0.25) is 0 Å². The normalized spacial score (nSPS) is 17.0. The summed E-state index contributed by atoms with van der Waals surface area (Å²) < 4.78 is 16.3. The van der Waals surface area contributed by atoms with Gasteiger partial charge in [0.1, 0.15) is 5.75 Å². The van der Waals surface area contributed by atoms with Crippen molar-refractivity contribution in [3.8, 4) is 17.2 Å². The maximum absolute atomic E-state index is 11.9. The van der Waals surface area contributed by atoms with Crippen LogP contribution in [0.3, 0.4) is 0 Å². The summed E-state index contributed by atoms with van der Waals surface area (Å²) in [7, 11) is 1.60. The molecule has 24 heavy (non-hydrogen) atoms. The third-order valence-corrected chi connectivity index (χ3v) is 3.90. The molecule has 3 rings (SSSR count). The molecule has 1 saturated heterocycles. The fourth-order valence-electron chi connectivity index (χ4n) is 2.57. The van der Waals surface area contributed by atoms with Gasteiger partial charge in [-0.05, 0) is 31.0 Å². The number of hydrogen-bond acceptors (Lipinski definition) is 6. The molecule has 2 heterocycles. The third-order valence-electron chi connectivity index (χ3n) is 3.90. The molecule has 7 heteroatoms. The molecule has 1 atom stereocenters. The van der Waals surface area contributed by atoms with Gasteiger partial charge in [-0.25, -0.2) is 0 Å². The molecule has 0 radical (unpaired) electrons. The molecule has 1 aromatic heterocycles. The van der Waals surface area contributed by atoms with Gasteiger partial charge in [-0.3, -0.25) is 4.79 Å². The van der Waals surface area contributed by atoms with E-state index in [2.05, 4.69) is 15.5 Å². The molecule has 1 aliphatic rings. The van der Waals surface area contributed by atoms with Crippen LogP contribution in [0.4, 0.5) is 0 Å². The SMILES string of the molecule is COc1cccc(-c2nnc(CCC(=O)NCC3CCCO3)o2)c1. The van der Waals surface area contributed by atoms with Crippen molar-refractivity contribution in [2.24, 2.45) is 0 Å². The minimum Gasteiger partial charge on any atom is -0.497 e. The third kappa shape index (κ3) is 4.32. The summed E-state index contributed by atoms with van der Waals surface area (Å²) in [4.78, 5) is 11.9. The highest BCUT2D eigenvalue weighted by molar-refractivity contribution is 5.76. The Balaban J connectivity index is 1.49. The van der Waals surface area contributed by atoms with Crippen LogP contribution in [0.25, 0.3) is 11.5 Å². The summed E-state index contributed by atoms with van der Waals surface area (Å²) in [6.45, 7) is 1.35. The van der Waals surface area contributed by atoms with Crippen LogP contribution in [-0.4, -0.2) is 42.5 Å². The van der Waals surface area contributed by atoms with Gasteiger partial charge in [-0.15, -0.1) is 10.2 Å². The maximum atomic E-state index is 11.9. The van der Waals surface area contributed by atoms with Crippen LogP contribution in [0, 0.1) is 0 Å². The number of amides is 1. The Bertz CT molecular complexity index is 680. The molecule has 1 aromatic carbocycles. The Hall–Kier alpha value is -2.41. The summed E-state index contributed by atoms with van der Waals surface area (Å²) >= 11 is 0. The zero-order valence-corrected chi connectivity index (χ0v) is 13.7. The molecule has 1 aliphatic heterocycles. The quantitative estimate of drug-likeness (QED) is 0.835. The molecule has 7 nitrogen and oxygen atoms in total. The van der Waals surface area contributed by atoms with E-state index in [4.69, 9.17) is 13.9 Å². The van der Waals surface area contributed by atoms with Crippen LogP contribution in [0.5, 0.6) is 5.75 Å². The van der Waals surface area contributed by atoms with E-state index in [1.807, 2.05) is 24.3 Å². The second kappa shape index (κ2) is 7.92. The average Bonchev–Trinajstić information content (AvgIpc) is 3.30. The van der Waals surface area contributed by atoms with Gasteiger partial charge in [0.2, 0.25) is 17.7 Å². The van der Waals surface area contributed by atoms with E-state index in [-0.39, 0.29) is 12.0 Å². The number of nitrogens with one attached hydrogen (secondary N) is 1. The Morgan fingerprint density at radius 2 is 2.33 bits per heavy atom. The lowest BCUT2D eigenvalue weighted by Crippen LogP contribution is -2.31. The number of hydrogen-bond donors (Lipinski definition) is 1. The molecule has 2 aromatic rings. The van der Waals surface area contributed by atoms with Gasteiger partial charge >= 0.3 is 0 Å². The van der Waals surface area contributed by atoms with Crippen LogP contribution < -0.4 is 10.1 Å². The maximum Gasteiger partial charge on any atom is 0.247 e. The zero-order chi connectivity index (χ0) is 16.8. The van der Waals surface area contributed by atoms with Crippen molar-refractivity contribution < 1.29 is 18.7 Å². The minimum absolute atomic E-state index is 0.0355. The molecular weight excluding hydrogens is 310 g/mol. The number of carbonyl (C=O) groups excluding carboxylic acids is 1. The van der Waals surface area contributed by atoms with E-state index in [0.29, 0.717) is 31.2 Å². The lowest BCUT2D eigenvalue weighted by Gasteiger charge is -2.10. The standard InChI is InChI=1S/C17H21N3O4/c1-22-13-5-2-4-12(10-13)17-20-19-16(24-17)8-7-15(21)18-11-14-6-3-9-23-14/h2,4-5,10,14H,3,6-9,11H2,1H3,(H,18,21). The molecule has 1 amide bonds. The predicted molar refractivity (Wildman–Crippen MR) is 86.6 cm³/mol. The number of rotatable bonds is 7. The minimum atomic E-state index is -0.0355. The summed E-state index contributed by atoms with van der Waals surface area (Å²) in [6, 6.07) is 7.40. The van der Waals surface area contributed by atoms with Crippen molar-refractivity contribution in [3.63, 3.8) is 0 Å². The highest BCUT2D eigenvalue weighted by atomic mass is 16.5. The highest BCUT2D eigenvalue weighted by Crippen LogP contribution is 2.22. The zero-order valence-electron chi connectivity index (χ0n) is 13.7. The van der Waals surface area contributed by atoms with Crippen LogP contribution >= 0.6 is 0 Å². The first-order valence-electron chi connectivity index (χ1n) is 8.09.